The van der Waals surface area contributed by atoms with Crippen molar-refractivity contribution in [2.45, 2.75) is 70.6 Å². The van der Waals surface area contributed by atoms with Gasteiger partial charge in [0.25, 0.3) is 0 Å². The summed E-state index contributed by atoms with van der Waals surface area (Å²) in [5.41, 5.74) is 0. The van der Waals surface area contributed by atoms with E-state index in [2.05, 4.69) is 5.32 Å². The van der Waals surface area contributed by atoms with Gasteiger partial charge < -0.3 is 15.1 Å². The van der Waals surface area contributed by atoms with Gasteiger partial charge in [0.05, 0.1) is 5.92 Å². The van der Waals surface area contributed by atoms with Gasteiger partial charge in [0.1, 0.15) is 0 Å². The fourth-order valence-corrected chi connectivity index (χ4v) is 5.32. The second-order valence-electron chi connectivity index (χ2n) is 9.83. The first kappa shape index (κ1) is 20.7. The predicted molar refractivity (Wildman–Crippen MR) is 111 cm³/mol. The maximum atomic E-state index is 12.7. The van der Waals surface area contributed by atoms with E-state index < -0.39 is 0 Å². The van der Waals surface area contributed by atoms with E-state index in [9.17, 15) is 14.4 Å². The van der Waals surface area contributed by atoms with Crippen molar-refractivity contribution in [3.05, 3.63) is 0 Å². The van der Waals surface area contributed by atoms with Crippen molar-refractivity contribution in [3.63, 3.8) is 0 Å². The van der Waals surface area contributed by atoms with Gasteiger partial charge in [-0.2, -0.15) is 0 Å². The number of hydrogen-bond acceptors (Lipinski definition) is 3. The Bertz CT molecular complexity index is 604. The van der Waals surface area contributed by atoms with E-state index in [1.54, 1.807) is 0 Å². The van der Waals surface area contributed by atoms with Crippen LogP contribution in [0, 0.1) is 23.7 Å². The Labute approximate surface area is 174 Å². The van der Waals surface area contributed by atoms with Gasteiger partial charge in [-0.25, -0.2) is 0 Å². The minimum atomic E-state index is -0.0622. The van der Waals surface area contributed by atoms with Gasteiger partial charge in [0, 0.05) is 45.1 Å². The quantitative estimate of drug-likeness (QED) is 0.741. The number of amides is 3. The number of carbonyl (C=O) groups is 3. The van der Waals surface area contributed by atoms with E-state index in [0.717, 1.165) is 45.3 Å². The van der Waals surface area contributed by atoms with Crippen LogP contribution < -0.4 is 5.32 Å². The minimum absolute atomic E-state index is 0.0622. The number of rotatable bonds is 6. The summed E-state index contributed by atoms with van der Waals surface area (Å²) in [6.07, 6.45) is 11.6. The number of carbonyl (C=O) groups excluding carboxylic acids is 3. The highest BCUT2D eigenvalue weighted by Crippen LogP contribution is 2.32. The smallest absolute Gasteiger partial charge is 0.225 e. The average Bonchev–Trinajstić information content (AvgIpc) is 3.60. The van der Waals surface area contributed by atoms with Gasteiger partial charge in [-0.05, 0) is 56.8 Å². The average molecular weight is 404 g/mol. The van der Waals surface area contributed by atoms with Crippen LogP contribution in [0.4, 0.5) is 0 Å². The monoisotopic (exact) mass is 403 g/mol. The maximum absolute atomic E-state index is 12.7. The molecular formula is C23H37N3O3. The first-order valence-electron chi connectivity index (χ1n) is 11.9. The van der Waals surface area contributed by atoms with Crippen molar-refractivity contribution in [2.24, 2.45) is 23.7 Å². The summed E-state index contributed by atoms with van der Waals surface area (Å²) in [6, 6.07) is 0. The molecule has 4 aliphatic rings. The molecule has 0 bridgehead atoms. The maximum Gasteiger partial charge on any atom is 0.225 e. The lowest BCUT2D eigenvalue weighted by Gasteiger charge is -2.36. The Balaban J connectivity index is 1.18. The van der Waals surface area contributed by atoms with E-state index in [0.29, 0.717) is 49.6 Å². The number of nitrogens with one attached hydrogen (secondary N) is 1. The Hall–Kier alpha value is -1.59. The molecule has 162 valence electrons. The zero-order chi connectivity index (χ0) is 20.2. The molecule has 4 fully saturated rings. The van der Waals surface area contributed by atoms with E-state index in [1.807, 2.05) is 9.80 Å². The molecule has 0 spiro atoms. The third-order valence-electron chi connectivity index (χ3n) is 7.49. The Morgan fingerprint density at radius 3 is 2.28 bits per heavy atom. The second-order valence-corrected chi connectivity index (χ2v) is 9.83. The molecule has 0 aromatic carbocycles. The first-order chi connectivity index (χ1) is 14.1. The van der Waals surface area contributed by atoms with Crippen LogP contribution in [-0.4, -0.2) is 60.2 Å². The van der Waals surface area contributed by atoms with Crippen molar-refractivity contribution in [1.29, 1.82) is 0 Å². The van der Waals surface area contributed by atoms with Gasteiger partial charge in [0.2, 0.25) is 17.7 Å². The molecule has 4 rings (SSSR count). The minimum Gasteiger partial charge on any atom is -0.356 e. The highest BCUT2D eigenvalue weighted by Gasteiger charge is 2.35. The van der Waals surface area contributed by atoms with Crippen LogP contribution in [0.2, 0.25) is 0 Å². The molecule has 1 atom stereocenters. The summed E-state index contributed by atoms with van der Waals surface area (Å²) in [4.78, 5) is 41.2. The summed E-state index contributed by atoms with van der Waals surface area (Å²) in [5, 5.41) is 3.16. The molecule has 0 unspecified atom stereocenters. The van der Waals surface area contributed by atoms with Gasteiger partial charge in [-0.3, -0.25) is 14.4 Å². The lowest BCUT2D eigenvalue weighted by atomic mass is 9.87. The highest BCUT2D eigenvalue weighted by atomic mass is 16.2. The van der Waals surface area contributed by atoms with Crippen LogP contribution in [0.1, 0.15) is 70.6 Å². The van der Waals surface area contributed by atoms with Crippen LogP contribution in [0.25, 0.3) is 0 Å². The zero-order valence-electron chi connectivity index (χ0n) is 17.7. The SMILES string of the molecule is O=C(NCC1CCN(C(=O)C2CC2)CC1)[C@H]1CCC(=O)N(CC2CCCCC2)C1. The Morgan fingerprint density at radius 1 is 0.862 bits per heavy atom. The van der Waals surface area contributed by atoms with E-state index in [4.69, 9.17) is 0 Å². The van der Waals surface area contributed by atoms with E-state index in [-0.39, 0.29) is 17.7 Å². The molecule has 0 aromatic heterocycles. The molecule has 2 saturated carbocycles. The molecule has 1 N–H and O–H groups in total. The van der Waals surface area contributed by atoms with Gasteiger partial charge in [0.15, 0.2) is 0 Å². The summed E-state index contributed by atoms with van der Waals surface area (Å²) < 4.78 is 0. The second kappa shape index (κ2) is 9.48. The molecule has 2 heterocycles. The summed E-state index contributed by atoms with van der Waals surface area (Å²) in [5.74, 6) is 2.01. The van der Waals surface area contributed by atoms with Crippen LogP contribution >= 0.6 is 0 Å². The van der Waals surface area contributed by atoms with E-state index in [1.165, 1.54) is 32.1 Å². The molecule has 0 radical (unpaired) electrons. The largest absolute Gasteiger partial charge is 0.356 e. The van der Waals surface area contributed by atoms with Crippen molar-refractivity contribution in [2.75, 3.05) is 32.7 Å². The highest BCUT2D eigenvalue weighted by molar-refractivity contribution is 5.84. The third kappa shape index (κ3) is 5.52. The van der Waals surface area contributed by atoms with Crippen molar-refractivity contribution in [3.8, 4) is 0 Å². The number of likely N-dealkylation sites (tertiary alicyclic amines) is 2. The molecular weight excluding hydrogens is 366 g/mol. The summed E-state index contributed by atoms with van der Waals surface area (Å²) in [7, 11) is 0. The summed E-state index contributed by atoms with van der Waals surface area (Å²) in [6.45, 7) is 3.81. The van der Waals surface area contributed by atoms with Crippen molar-refractivity contribution in [1.82, 2.24) is 15.1 Å². The Morgan fingerprint density at radius 2 is 1.59 bits per heavy atom. The predicted octanol–water partition coefficient (Wildman–Crippen LogP) is 2.57. The molecule has 2 saturated heterocycles. The van der Waals surface area contributed by atoms with Crippen LogP contribution in [0.15, 0.2) is 0 Å². The fourth-order valence-electron chi connectivity index (χ4n) is 5.32. The molecule has 2 aliphatic carbocycles. The number of nitrogens with zero attached hydrogens (tertiary/aromatic N) is 2. The topological polar surface area (TPSA) is 69.7 Å². The molecule has 6 heteroatoms. The standard InChI is InChI=1S/C23H37N3O3/c27-21-9-8-20(16-26(21)15-18-4-2-1-3-5-18)22(28)24-14-17-10-12-25(13-11-17)23(29)19-6-7-19/h17-20H,1-16H2,(H,24,28)/t20-/m0/s1. The van der Waals surface area contributed by atoms with Gasteiger partial charge in [-0.15, -0.1) is 0 Å². The fraction of sp³-hybridized carbons (Fsp3) is 0.870. The molecule has 29 heavy (non-hydrogen) atoms. The zero-order valence-corrected chi connectivity index (χ0v) is 17.7. The van der Waals surface area contributed by atoms with E-state index >= 15 is 0 Å². The third-order valence-corrected chi connectivity index (χ3v) is 7.49. The van der Waals surface area contributed by atoms with Crippen molar-refractivity contribution < 1.29 is 14.4 Å². The van der Waals surface area contributed by atoms with Crippen LogP contribution in [0.3, 0.4) is 0 Å². The first-order valence-corrected chi connectivity index (χ1v) is 11.9. The van der Waals surface area contributed by atoms with Crippen molar-refractivity contribution >= 4 is 17.7 Å². The van der Waals surface area contributed by atoms with Gasteiger partial charge in [-0.1, -0.05) is 19.3 Å². The Kier molecular flexibility index (Phi) is 6.76. The number of piperidine rings is 2. The normalized spacial score (nSPS) is 27.2. The molecule has 3 amide bonds. The van der Waals surface area contributed by atoms with Crippen LogP contribution in [-0.2, 0) is 14.4 Å². The lowest BCUT2D eigenvalue weighted by molar-refractivity contribution is -0.139. The number of hydrogen-bond donors (Lipinski definition) is 1. The van der Waals surface area contributed by atoms with Crippen LogP contribution in [0.5, 0.6) is 0 Å². The van der Waals surface area contributed by atoms with Gasteiger partial charge >= 0.3 is 0 Å². The molecule has 6 nitrogen and oxygen atoms in total. The summed E-state index contributed by atoms with van der Waals surface area (Å²) >= 11 is 0. The lowest BCUT2D eigenvalue weighted by Crippen LogP contribution is -2.48. The molecule has 2 aliphatic heterocycles. The molecule has 0 aromatic rings.